The van der Waals surface area contributed by atoms with Crippen molar-refractivity contribution in [2.24, 2.45) is 0 Å². The number of benzene rings is 1. The molecule has 2 atom stereocenters. The van der Waals surface area contributed by atoms with E-state index < -0.39 is 0 Å². The Hall–Kier alpha value is -2.53. The van der Waals surface area contributed by atoms with Crippen molar-refractivity contribution in [2.45, 2.75) is 44.4 Å². The minimum Gasteiger partial charge on any atom is -0.309 e. The summed E-state index contributed by atoms with van der Waals surface area (Å²) in [6.45, 7) is 1.98. The third-order valence-electron chi connectivity index (χ3n) is 5.56. The minimum atomic E-state index is 0.554. The zero-order valence-electron chi connectivity index (χ0n) is 14.1. The molecule has 5 rings (SSSR count). The van der Waals surface area contributed by atoms with Crippen molar-refractivity contribution in [1.82, 2.24) is 24.6 Å². The van der Waals surface area contributed by atoms with Gasteiger partial charge in [-0.3, -0.25) is 9.88 Å². The van der Waals surface area contributed by atoms with Crippen molar-refractivity contribution in [1.29, 1.82) is 0 Å². The molecule has 2 aromatic heterocycles. The highest BCUT2D eigenvalue weighted by molar-refractivity contribution is 5.55. The van der Waals surface area contributed by atoms with Crippen LogP contribution in [0.1, 0.15) is 24.2 Å². The van der Waals surface area contributed by atoms with Crippen LogP contribution in [-0.4, -0.2) is 36.7 Å². The summed E-state index contributed by atoms with van der Waals surface area (Å²) in [7, 11) is 0. The number of hydrogen-bond donors (Lipinski definition) is 0. The van der Waals surface area contributed by atoms with Crippen molar-refractivity contribution in [3.63, 3.8) is 0 Å². The molecule has 25 heavy (non-hydrogen) atoms. The van der Waals surface area contributed by atoms with Crippen LogP contribution >= 0.6 is 0 Å². The molecule has 5 nitrogen and oxygen atoms in total. The lowest BCUT2D eigenvalue weighted by Crippen LogP contribution is -2.36. The molecule has 0 aliphatic carbocycles. The average Bonchev–Trinajstić information content (AvgIpc) is 3.17. The molecule has 2 aliphatic heterocycles. The molecule has 5 heteroatoms. The van der Waals surface area contributed by atoms with Gasteiger partial charge in [-0.25, -0.2) is 0 Å². The SMILES string of the molecule is c1ccc(-c2nnc3n2C[C@H]2CC[C@@H](C3)N2Cc2ccncc2)cc1. The third-order valence-corrected chi connectivity index (χ3v) is 5.56. The van der Waals surface area contributed by atoms with Gasteiger partial charge in [0.2, 0.25) is 0 Å². The summed E-state index contributed by atoms with van der Waals surface area (Å²) in [6, 6.07) is 15.8. The van der Waals surface area contributed by atoms with Crippen LogP contribution in [0.3, 0.4) is 0 Å². The van der Waals surface area contributed by atoms with E-state index in [4.69, 9.17) is 0 Å². The molecule has 3 aromatic rings. The summed E-state index contributed by atoms with van der Waals surface area (Å²) >= 11 is 0. The van der Waals surface area contributed by atoms with Crippen LogP contribution < -0.4 is 0 Å². The van der Waals surface area contributed by atoms with Gasteiger partial charge in [0, 0.05) is 49.6 Å². The Bertz CT molecular complexity index is 858. The van der Waals surface area contributed by atoms with E-state index in [9.17, 15) is 0 Å². The average molecular weight is 331 g/mol. The van der Waals surface area contributed by atoms with Gasteiger partial charge < -0.3 is 4.57 Å². The second-order valence-corrected chi connectivity index (χ2v) is 7.03. The van der Waals surface area contributed by atoms with Crippen LogP contribution in [-0.2, 0) is 19.5 Å². The van der Waals surface area contributed by atoms with Gasteiger partial charge in [-0.15, -0.1) is 10.2 Å². The first-order chi connectivity index (χ1) is 12.4. The Morgan fingerprint density at radius 2 is 1.72 bits per heavy atom. The monoisotopic (exact) mass is 331 g/mol. The zero-order chi connectivity index (χ0) is 16.6. The predicted molar refractivity (Wildman–Crippen MR) is 95.8 cm³/mol. The number of aromatic nitrogens is 4. The molecular formula is C20H21N5. The number of rotatable bonds is 3. The molecule has 4 heterocycles. The zero-order valence-corrected chi connectivity index (χ0v) is 14.1. The summed E-state index contributed by atoms with van der Waals surface area (Å²) in [4.78, 5) is 6.80. The van der Waals surface area contributed by atoms with Crippen LogP contribution in [0.5, 0.6) is 0 Å². The molecule has 0 N–H and O–H groups in total. The summed E-state index contributed by atoms with van der Waals surface area (Å²) < 4.78 is 2.35. The molecule has 0 radical (unpaired) electrons. The largest absolute Gasteiger partial charge is 0.309 e. The van der Waals surface area contributed by atoms with Crippen molar-refractivity contribution in [3.05, 3.63) is 66.2 Å². The van der Waals surface area contributed by atoms with Gasteiger partial charge in [0.1, 0.15) is 5.82 Å². The standard InChI is InChI=1S/C20H21N5/c1-2-4-16(5-3-1)20-23-22-19-12-17-6-7-18(14-25(19)20)24(17)13-15-8-10-21-11-9-15/h1-5,8-11,17-18H,6-7,12-14H2/t17-,18+/m0/s1. The van der Waals surface area contributed by atoms with Crippen LogP contribution in [0, 0.1) is 0 Å². The second-order valence-electron chi connectivity index (χ2n) is 7.03. The summed E-state index contributed by atoms with van der Waals surface area (Å²) in [5.41, 5.74) is 2.49. The molecule has 126 valence electrons. The normalized spacial score (nSPS) is 22.6. The van der Waals surface area contributed by atoms with E-state index in [1.54, 1.807) is 0 Å². The van der Waals surface area contributed by atoms with Gasteiger partial charge in [-0.2, -0.15) is 0 Å². The van der Waals surface area contributed by atoms with Crippen molar-refractivity contribution < 1.29 is 0 Å². The fraction of sp³-hybridized carbons (Fsp3) is 0.350. The van der Waals surface area contributed by atoms with E-state index in [1.807, 2.05) is 18.5 Å². The molecule has 0 amide bonds. The first kappa shape index (κ1) is 14.8. The van der Waals surface area contributed by atoms with E-state index in [0.29, 0.717) is 12.1 Å². The lowest BCUT2D eigenvalue weighted by Gasteiger charge is -2.27. The van der Waals surface area contributed by atoms with Gasteiger partial charge >= 0.3 is 0 Å². The first-order valence-corrected chi connectivity index (χ1v) is 9.00. The maximum absolute atomic E-state index is 4.53. The number of hydrogen-bond acceptors (Lipinski definition) is 4. The van der Waals surface area contributed by atoms with Gasteiger partial charge in [-0.05, 0) is 30.5 Å². The van der Waals surface area contributed by atoms with E-state index >= 15 is 0 Å². The van der Waals surface area contributed by atoms with E-state index in [2.05, 4.69) is 61.0 Å². The number of nitrogens with zero attached hydrogens (tertiary/aromatic N) is 5. The fourth-order valence-corrected chi connectivity index (χ4v) is 4.29. The molecule has 2 bridgehead atoms. The molecule has 1 aromatic carbocycles. The third kappa shape index (κ3) is 2.65. The van der Waals surface area contributed by atoms with Crippen LogP contribution in [0.15, 0.2) is 54.9 Å². The van der Waals surface area contributed by atoms with Crippen LogP contribution in [0.2, 0.25) is 0 Å². The highest BCUT2D eigenvalue weighted by Gasteiger charge is 2.38. The van der Waals surface area contributed by atoms with Gasteiger partial charge in [-0.1, -0.05) is 30.3 Å². The second kappa shape index (κ2) is 6.08. The quantitative estimate of drug-likeness (QED) is 0.740. The maximum atomic E-state index is 4.53. The summed E-state index contributed by atoms with van der Waals surface area (Å²) in [5.74, 6) is 2.14. The Morgan fingerprint density at radius 1 is 0.920 bits per heavy atom. The molecule has 2 aliphatic rings. The van der Waals surface area contributed by atoms with Gasteiger partial charge in [0.05, 0.1) is 0 Å². The van der Waals surface area contributed by atoms with Crippen molar-refractivity contribution >= 4 is 0 Å². The highest BCUT2D eigenvalue weighted by Crippen LogP contribution is 2.34. The van der Waals surface area contributed by atoms with E-state index in [-0.39, 0.29) is 0 Å². The molecular weight excluding hydrogens is 310 g/mol. The van der Waals surface area contributed by atoms with Crippen LogP contribution in [0.4, 0.5) is 0 Å². The fourth-order valence-electron chi connectivity index (χ4n) is 4.29. The maximum Gasteiger partial charge on any atom is 0.164 e. The lowest BCUT2D eigenvalue weighted by molar-refractivity contribution is 0.180. The molecule has 1 saturated heterocycles. The van der Waals surface area contributed by atoms with Crippen LogP contribution in [0.25, 0.3) is 11.4 Å². The van der Waals surface area contributed by atoms with Crippen molar-refractivity contribution in [3.8, 4) is 11.4 Å². The minimum absolute atomic E-state index is 0.554. The Labute approximate surface area is 147 Å². The van der Waals surface area contributed by atoms with Gasteiger partial charge in [0.15, 0.2) is 5.82 Å². The molecule has 0 saturated carbocycles. The van der Waals surface area contributed by atoms with E-state index in [0.717, 1.165) is 36.7 Å². The Kier molecular flexibility index (Phi) is 3.59. The highest BCUT2D eigenvalue weighted by atomic mass is 15.3. The topological polar surface area (TPSA) is 46.8 Å². The lowest BCUT2D eigenvalue weighted by atomic mass is 10.1. The van der Waals surface area contributed by atoms with Gasteiger partial charge in [0.25, 0.3) is 0 Å². The summed E-state index contributed by atoms with van der Waals surface area (Å²) in [6.07, 6.45) is 7.27. The number of pyridine rings is 1. The predicted octanol–water partition coefficient (Wildman–Crippen LogP) is 2.93. The summed E-state index contributed by atoms with van der Waals surface area (Å²) in [5, 5.41) is 9.03. The Balaban J connectivity index is 1.46. The first-order valence-electron chi connectivity index (χ1n) is 9.00. The number of fused-ring (bicyclic) bond motifs is 3. The molecule has 0 unspecified atom stereocenters. The Morgan fingerprint density at radius 3 is 2.56 bits per heavy atom. The van der Waals surface area contributed by atoms with E-state index in [1.165, 1.54) is 18.4 Å². The molecule has 0 spiro atoms. The molecule has 1 fully saturated rings. The smallest absolute Gasteiger partial charge is 0.164 e. The van der Waals surface area contributed by atoms with Crippen molar-refractivity contribution in [2.75, 3.05) is 0 Å².